The number of aliphatic hydroxyl groups excluding tert-OH is 2. The maximum Gasteiger partial charge on any atom is 0.339 e. The van der Waals surface area contributed by atoms with Crippen molar-refractivity contribution in [3.05, 3.63) is 29.3 Å². The maximum absolute atomic E-state index is 11.2. The first-order valence-electron chi connectivity index (χ1n) is 5.47. The van der Waals surface area contributed by atoms with Crippen LogP contribution < -0.4 is 0 Å². The highest BCUT2D eigenvalue weighted by atomic mass is 16.5. The SMILES string of the molecule is CCOC(=O)C(O)C(O)c1ccc(C(=O)O)c(O)c1. The molecule has 7 heteroatoms. The molecule has 0 amide bonds. The number of carbonyl (C=O) groups excluding carboxylic acids is 1. The highest BCUT2D eigenvalue weighted by molar-refractivity contribution is 5.90. The van der Waals surface area contributed by atoms with Crippen LogP contribution in [0.5, 0.6) is 5.75 Å². The van der Waals surface area contributed by atoms with E-state index in [0.29, 0.717) is 0 Å². The van der Waals surface area contributed by atoms with E-state index in [0.717, 1.165) is 12.1 Å². The van der Waals surface area contributed by atoms with Gasteiger partial charge in [0, 0.05) is 0 Å². The van der Waals surface area contributed by atoms with Gasteiger partial charge in [0.05, 0.1) is 6.61 Å². The minimum atomic E-state index is -1.81. The van der Waals surface area contributed by atoms with Crippen molar-refractivity contribution in [2.75, 3.05) is 6.61 Å². The van der Waals surface area contributed by atoms with Crippen molar-refractivity contribution in [3.8, 4) is 5.75 Å². The molecule has 0 spiro atoms. The van der Waals surface area contributed by atoms with E-state index in [4.69, 9.17) is 5.11 Å². The number of ether oxygens (including phenoxy) is 1. The lowest BCUT2D eigenvalue weighted by Crippen LogP contribution is -2.29. The Labute approximate surface area is 108 Å². The zero-order chi connectivity index (χ0) is 14.6. The van der Waals surface area contributed by atoms with Gasteiger partial charge in [-0.1, -0.05) is 6.07 Å². The predicted molar refractivity (Wildman–Crippen MR) is 62.7 cm³/mol. The van der Waals surface area contributed by atoms with E-state index in [1.54, 1.807) is 6.92 Å². The van der Waals surface area contributed by atoms with E-state index in [1.165, 1.54) is 6.07 Å². The number of hydrogen-bond acceptors (Lipinski definition) is 6. The zero-order valence-corrected chi connectivity index (χ0v) is 10.1. The first kappa shape index (κ1) is 14.9. The second kappa shape index (κ2) is 6.17. The van der Waals surface area contributed by atoms with Gasteiger partial charge < -0.3 is 25.2 Å². The van der Waals surface area contributed by atoms with Crippen LogP contribution in [0, 0.1) is 0 Å². The molecule has 0 aliphatic rings. The summed E-state index contributed by atoms with van der Waals surface area (Å²) in [5.41, 5.74) is -0.343. The topological polar surface area (TPSA) is 124 Å². The van der Waals surface area contributed by atoms with Gasteiger partial charge >= 0.3 is 11.9 Å². The van der Waals surface area contributed by atoms with Gasteiger partial charge in [0.25, 0.3) is 0 Å². The van der Waals surface area contributed by atoms with Crippen LogP contribution in [-0.4, -0.2) is 45.1 Å². The van der Waals surface area contributed by atoms with Crippen LogP contribution in [0.25, 0.3) is 0 Å². The molecule has 0 saturated heterocycles. The molecule has 0 radical (unpaired) electrons. The molecule has 19 heavy (non-hydrogen) atoms. The molecule has 7 nitrogen and oxygen atoms in total. The van der Waals surface area contributed by atoms with Gasteiger partial charge in [-0.05, 0) is 24.6 Å². The standard InChI is InChI=1S/C12H14O7/c1-2-19-12(18)10(15)9(14)6-3-4-7(11(16)17)8(13)5-6/h3-5,9-10,13-15H,2H2,1H3,(H,16,17). The summed E-state index contributed by atoms with van der Waals surface area (Å²) in [4.78, 5) is 21.9. The predicted octanol–water partition coefficient (Wildman–Crippen LogP) is 0.0478. The quantitative estimate of drug-likeness (QED) is 0.557. The molecule has 2 unspecified atom stereocenters. The molecule has 0 aliphatic carbocycles. The average molecular weight is 270 g/mol. The molecule has 0 saturated carbocycles. The number of esters is 1. The van der Waals surface area contributed by atoms with Crippen molar-refractivity contribution in [1.29, 1.82) is 0 Å². The molecule has 0 aliphatic heterocycles. The van der Waals surface area contributed by atoms with E-state index in [-0.39, 0.29) is 17.7 Å². The first-order valence-corrected chi connectivity index (χ1v) is 5.47. The lowest BCUT2D eigenvalue weighted by atomic mass is 10.0. The summed E-state index contributed by atoms with van der Waals surface area (Å²) in [7, 11) is 0. The Kier molecular flexibility index (Phi) is 4.85. The summed E-state index contributed by atoms with van der Waals surface area (Å²) >= 11 is 0. The normalized spacial score (nSPS) is 13.6. The highest BCUT2D eigenvalue weighted by Crippen LogP contribution is 2.25. The molecule has 1 aromatic carbocycles. The third kappa shape index (κ3) is 3.43. The van der Waals surface area contributed by atoms with Crippen LogP contribution in [0.3, 0.4) is 0 Å². The Bertz CT molecular complexity index is 483. The molecule has 1 rings (SSSR count). The molecule has 104 valence electrons. The number of aliphatic hydroxyl groups is 2. The van der Waals surface area contributed by atoms with Crippen molar-refractivity contribution in [2.45, 2.75) is 19.1 Å². The van der Waals surface area contributed by atoms with Crippen LogP contribution in [0.4, 0.5) is 0 Å². The Hall–Kier alpha value is -2.12. The van der Waals surface area contributed by atoms with Crippen LogP contribution in [0.2, 0.25) is 0 Å². The van der Waals surface area contributed by atoms with Gasteiger partial charge in [0.2, 0.25) is 0 Å². The molecule has 1 aromatic rings. The van der Waals surface area contributed by atoms with Crippen molar-refractivity contribution in [3.63, 3.8) is 0 Å². The third-order valence-corrected chi connectivity index (χ3v) is 2.42. The monoisotopic (exact) mass is 270 g/mol. The molecule has 4 N–H and O–H groups in total. The molecular weight excluding hydrogens is 256 g/mol. The average Bonchev–Trinajstić information content (AvgIpc) is 2.36. The number of benzene rings is 1. The summed E-state index contributed by atoms with van der Waals surface area (Å²) in [6.45, 7) is 1.59. The summed E-state index contributed by atoms with van der Waals surface area (Å²) < 4.78 is 4.53. The molecule has 0 aromatic heterocycles. The third-order valence-electron chi connectivity index (χ3n) is 2.42. The minimum absolute atomic E-state index is 0.00283. The zero-order valence-electron chi connectivity index (χ0n) is 10.1. The maximum atomic E-state index is 11.2. The lowest BCUT2D eigenvalue weighted by molar-refractivity contribution is -0.159. The smallest absolute Gasteiger partial charge is 0.339 e. The summed E-state index contributed by atoms with van der Waals surface area (Å²) in [5.74, 6) is -2.90. The summed E-state index contributed by atoms with van der Waals surface area (Å²) in [6.07, 6.45) is -3.43. The number of aromatic hydroxyl groups is 1. The number of carbonyl (C=O) groups is 2. The van der Waals surface area contributed by atoms with Crippen LogP contribution in [0.15, 0.2) is 18.2 Å². The van der Waals surface area contributed by atoms with E-state index in [9.17, 15) is 24.9 Å². The fourth-order valence-electron chi connectivity index (χ4n) is 1.45. The van der Waals surface area contributed by atoms with Gasteiger partial charge in [0.15, 0.2) is 6.10 Å². The molecule has 0 bridgehead atoms. The van der Waals surface area contributed by atoms with Crippen molar-refractivity contribution in [2.24, 2.45) is 0 Å². The molecule has 0 heterocycles. The number of phenols is 1. The summed E-state index contributed by atoms with van der Waals surface area (Å²) in [6, 6.07) is 3.22. The minimum Gasteiger partial charge on any atom is -0.507 e. The van der Waals surface area contributed by atoms with E-state index < -0.39 is 29.9 Å². The second-order valence-corrected chi connectivity index (χ2v) is 3.72. The first-order chi connectivity index (χ1) is 8.88. The van der Waals surface area contributed by atoms with Crippen molar-refractivity contribution in [1.82, 2.24) is 0 Å². The fraction of sp³-hybridized carbons (Fsp3) is 0.333. The molecular formula is C12H14O7. The largest absolute Gasteiger partial charge is 0.507 e. The number of carboxylic acid groups (broad SMARTS) is 1. The van der Waals surface area contributed by atoms with Gasteiger partial charge in [-0.2, -0.15) is 0 Å². The van der Waals surface area contributed by atoms with Gasteiger partial charge in [-0.25, -0.2) is 9.59 Å². The van der Waals surface area contributed by atoms with Gasteiger partial charge in [-0.15, -0.1) is 0 Å². The number of hydrogen-bond donors (Lipinski definition) is 4. The number of aromatic carboxylic acids is 1. The lowest BCUT2D eigenvalue weighted by Gasteiger charge is -2.17. The number of rotatable bonds is 5. The Balaban J connectivity index is 2.94. The van der Waals surface area contributed by atoms with Crippen molar-refractivity contribution < 1.29 is 34.8 Å². The Morgan fingerprint density at radius 3 is 2.42 bits per heavy atom. The van der Waals surface area contributed by atoms with Gasteiger partial charge in [0.1, 0.15) is 17.4 Å². The van der Waals surface area contributed by atoms with E-state index >= 15 is 0 Å². The highest BCUT2D eigenvalue weighted by Gasteiger charge is 2.27. The summed E-state index contributed by atoms with van der Waals surface area (Å²) in [5, 5.41) is 37.4. The van der Waals surface area contributed by atoms with Crippen LogP contribution in [0.1, 0.15) is 28.9 Å². The fourth-order valence-corrected chi connectivity index (χ4v) is 1.45. The molecule has 2 atom stereocenters. The van der Waals surface area contributed by atoms with Gasteiger partial charge in [-0.3, -0.25) is 0 Å². The van der Waals surface area contributed by atoms with E-state index in [1.807, 2.05) is 0 Å². The molecule has 0 fully saturated rings. The number of carboxylic acids is 1. The van der Waals surface area contributed by atoms with Crippen LogP contribution in [-0.2, 0) is 9.53 Å². The Morgan fingerprint density at radius 1 is 1.32 bits per heavy atom. The van der Waals surface area contributed by atoms with Crippen molar-refractivity contribution >= 4 is 11.9 Å². The second-order valence-electron chi connectivity index (χ2n) is 3.72. The van der Waals surface area contributed by atoms with E-state index in [2.05, 4.69) is 4.74 Å². The van der Waals surface area contributed by atoms with Crippen LogP contribution >= 0.6 is 0 Å². The Morgan fingerprint density at radius 2 is 1.95 bits per heavy atom.